The van der Waals surface area contributed by atoms with Gasteiger partial charge in [-0.2, -0.15) is 0 Å². The molecule has 7 N–H and O–H groups in total. The van der Waals surface area contributed by atoms with Crippen molar-refractivity contribution in [1.82, 2.24) is 0 Å². The maximum absolute atomic E-state index is 10.5. The lowest BCUT2D eigenvalue weighted by Gasteiger charge is -2.17. The molecule has 2 unspecified atom stereocenters. The summed E-state index contributed by atoms with van der Waals surface area (Å²) in [5, 5.41) is 27.4. The fourth-order valence-corrected chi connectivity index (χ4v) is 1.39. The quantitative estimate of drug-likeness (QED) is 0.447. The summed E-state index contributed by atoms with van der Waals surface area (Å²) in [4.78, 5) is 10.5. The van der Waals surface area contributed by atoms with Crippen LogP contribution in [-0.4, -0.2) is 27.4 Å². The number of hydrogen-bond acceptors (Lipinski definition) is 5. The Morgan fingerprint density at radius 1 is 1.25 bits per heavy atom. The average molecular weight is 226 g/mol. The molecule has 1 aromatic carbocycles. The van der Waals surface area contributed by atoms with Gasteiger partial charge in [0.25, 0.3) is 0 Å². The Kier molecular flexibility index (Phi) is 3.36. The Morgan fingerprint density at radius 2 is 1.75 bits per heavy atom. The zero-order valence-corrected chi connectivity index (χ0v) is 8.71. The number of carbonyl (C=O) groups is 1. The van der Waals surface area contributed by atoms with Crippen molar-refractivity contribution in [3.05, 3.63) is 23.3 Å². The van der Waals surface area contributed by atoms with Gasteiger partial charge in [0.05, 0.1) is 11.4 Å². The molecule has 0 amide bonds. The molecule has 6 nitrogen and oxygen atoms in total. The Bertz CT molecular complexity index is 420. The summed E-state index contributed by atoms with van der Waals surface area (Å²) in [5.41, 5.74) is 12.5. The topological polar surface area (TPSA) is 130 Å². The molecule has 0 saturated carbocycles. The molecule has 1 aromatic rings. The predicted octanol–water partition coefficient (Wildman–Crippen LogP) is -0.362. The number of aliphatic hydroxyl groups excluding tert-OH is 2. The maximum Gasteiger partial charge on any atom is 0.335 e. The minimum Gasteiger partial charge on any atom is -0.479 e. The highest BCUT2D eigenvalue weighted by Gasteiger charge is 2.26. The maximum atomic E-state index is 10.5. The molecular weight excluding hydrogens is 212 g/mol. The zero-order chi connectivity index (χ0) is 12.5. The molecule has 0 spiro atoms. The third-order valence-electron chi connectivity index (χ3n) is 2.34. The van der Waals surface area contributed by atoms with Gasteiger partial charge in [-0.05, 0) is 30.2 Å². The summed E-state index contributed by atoms with van der Waals surface area (Å²) in [7, 11) is 0. The minimum atomic E-state index is -1.89. The van der Waals surface area contributed by atoms with E-state index in [9.17, 15) is 15.0 Å². The molecule has 0 saturated heterocycles. The van der Waals surface area contributed by atoms with Gasteiger partial charge in [0.15, 0.2) is 6.10 Å². The van der Waals surface area contributed by atoms with Crippen LogP contribution in [0.5, 0.6) is 0 Å². The van der Waals surface area contributed by atoms with E-state index in [0.717, 1.165) is 0 Å². The molecule has 88 valence electrons. The molecular formula is C10H14N2O4. The molecule has 1 rings (SSSR count). The van der Waals surface area contributed by atoms with Crippen molar-refractivity contribution >= 4 is 17.3 Å². The first-order chi connectivity index (χ1) is 7.34. The average Bonchev–Trinajstić information content (AvgIpc) is 2.21. The smallest absolute Gasteiger partial charge is 0.335 e. The van der Waals surface area contributed by atoms with Gasteiger partial charge in [0.1, 0.15) is 6.10 Å². The number of carboxylic acid groups (broad SMARTS) is 1. The molecule has 0 aliphatic rings. The van der Waals surface area contributed by atoms with Crippen LogP contribution in [0.3, 0.4) is 0 Å². The molecule has 0 aliphatic heterocycles. The Labute approximate surface area is 92.1 Å². The number of nitrogen functional groups attached to an aromatic ring is 2. The van der Waals surface area contributed by atoms with Crippen molar-refractivity contribution in [2.24, 2.45) is 0 Å². The highest BCUT2D eigenvalue weighted by molar-refractivity contribution is 5.74. The number of rotatable bonds is 3. The molecule has 0 aliphatic carbocycles. The fraction of sp³-hybridized carbons (Fsp3) is 0.300. The molecule has 0 radical (unpaired) electrons. The number of hydrogen-bond donors (Lipinski definition) is 5. The van der Waals surface area contributed by atoms with E-state index in [1.807, 2.05) is 0 Å². The normalized spacial score (nSPS) is 14.4. The van der Waals surface area contributed by atoms with Crippen molar-refractivity contribution in [3.8, 4) is 0 Å². The van der Waals surface area contributed by atoms with Crippen LogP contribution >= 0.6 is 0 Å². The van der Waals surface area contributed by atoms with E-state index >= 15 is 0 Å². The van der Waals surface area contributed by atoms with E-state index in [2.05, 4.69) is 0 Å². The number of anilines is 2. The zero-order valence-electron chi connectivity index (χ0n) is 8.71. The Balaban J connectivity index is 3.13. The van der Waals surface area contributed by atoms with Crippen LogP contribution in [0.2, 0.25) is 0 Å². The lowest BCUT2D eigenvalue weighted by molar-refractivity contribution is -0.153. The summed E-state index contributed by atoms with van der Waals surface area (Å²) in [6.45, 7) is 1.64. The van der Waals surface area contributed by atoms with E-state index in [0.29, 0.717) is 11.3 Å². The standard InChI is InChI=1S/C10H14N2O4/c1-4-2-6(11)7(12)3-5(4)8(13)9(14)10(15)16/h2-3,8-9,13-14H,11-12H2,1H3,(H,15,16). The highest BCUT2D eigenvalue weighted by Crippen LogP contribution is 2.27. The van der Waals surface area contributed by atoms with Crippen molar-refractivity contribution in [2.75, 3.05) is 11.5 Å². The summed E-state index contributed by atoms with van der Waals surface area (Å²) in [5.74, 6) is -1.50. The summed E-state index contributed by atoms with van der Waals surface area (Å²) < 4.78 is 0. The van der Waals surface area contributed by atoms with Crippen LogP contribution in [0.25, 0.3) is 0 Å². The first kappa shape index (κ1) is 12.3. The van der Waals surface area contributed by atoms with Gasteiger partial charge >= 0.3 is 5.97 Å². The summed E-state index contributed by atoms with van der Waals surface area (Å²) in [6.07, 6.45) is -3.41. The molecule has 2 atom stereocenters. The number of aliphatic carboxylic acids is 1. The van der Waals surface area contributed by atoms with Crippen LogP contribution < -0.4 is 11.5 Å². The van der Waals surface area contributed by atoms with Gasteiger partial charge in [0, 0.05) is 0 Å². The SMILES string of the molecule is Cc1cc(N)c(N)cc1C(O)C(O)C(=O)O. The van der Waals surface area contributed by atoms with E-state index < -0.39 is 18.2 Å². The van der Waals surface area contributed by atoms with Gasteiger partial charge in [-0.1, -0.05) is 0 Å². The van der Waals surface area contributed by atoms with Crippen LogP contribution in [-0.2, 0) is 4.79 Å². The number of nitrogens with two attached hydrogens (primary N) is 2. The first-order valence-corrected chi connectivity index (χ1v) is 4.59. The minimum absolute atomic E-state index is 0.234. The summed E-state index contributed by atoms with van der Waals surface area (Å²) in [6, 6.07) is 2.88. The lowest BCUT2D eigenvalue weighted by atomic mass is 9.98. The molecule has 0 fully saturated rings. The second kappa shape index (κ2) is 4.38. The van der Waals surface area contributed by atoms with Gasteiger partial charge in [-0.3, -0.25) is 0 Å². The Hall–Kier alpha value is -1.79. The van der Waals surface area contributed by atoms with E-state index in [1.54, 1.807) is 6.92 Å². The van der Waals surface area contributed by atoms with Crippen LogP contribution in [0, 0.1) is 6.92 Å². The van der Waals surface area contributed by atoms with Crippen molar-refractivity contribution in [1.29, 1.82) is 0 Å². The van der Waals surface area contributed by atoms with Crippen molar-refractivity contribution < 1.29 is 20.1 Å². The second-order valence-corrected chi connectivity index (χ2v) is 3.57. The van der Waals surface area contributed by atoms with Gasteiger partial charge in [-0.15, -0.1) is 0 Å². The van der Waals surface area contributed by atoms with Gasteiger partial charge in [-0.25, -0.2) is 4.79 Å². The van der Waals surface area contributed by atoms with Crippen molar-refractivity contribution in [2.45, 2.75) is 19.1 Å². The molecule has 0 bridgehead atoms. The van der Waals surface area contributed by atoms with Crippen LogP contribution in [0.4, 0.5) is 11.4 Å². The lowest BCUT2D eigenvalue weighted by Crippen LogP contribution is -2.28. The number of aliphatic hydroxyl groups is 2. The number of benzene rings is 1. The van der Waals surface area contributed by atoms with E-state index in [-0.39, 0.29) is 11.3 Å². The van der Waals surface area contributed by atoms with Crippen molar-refractivity contribution in [3.63, 3.8) is 0 Å². The fourth-order valence-electron chi connectivity index (χ4n) is 1.39. The number of carboxylic acids is 1. The monoisotopic (exact) mass is 226 g/mol. The molecule has 0 aromatic heterocycles. The molecule has 16 heavy (non-hydrogen) atoms. The van der Waals surface area contributed by atoms with Gasteiger partial charge in [0.2, 0.25) is 0 Å². The van der Waals surface area contributed by atoms with Crippen LogP contribution in [0.15, 0.2) is 12.1 Å². The highest BCUT2D eigenvalue weighted by atomic mass is 16.4. The largest absolute Gasteiger partial charge is 0.479 e. The third-order valence-corrected chi connectivity index (χ3v) is 2.34. The number of aryl methyl sites for hydroxylation is 1. The van der Waals surface area contributed by atoms with E-state index in [1.165, 1.54) is 12.1 Å². The molecule has 0 heterocycles. The van der Waals surface area contributed by atoms with Crippen LogP contribution in [0.1, 0.15) is 17.2 Å². The third kappa shape index (κ3) is 2.23. The summed E-state index contributed by atoms with van der Waals surface area (Å²) >= 11 is 0. The Morgan fingerprint density at radius 3 is 2.25 bits per heavy atom. The molecule has 6 heteroatoms. The first-order valence-electron chi connectivity index (χ1n) is 4.59. The van der Waals surface area contributed by atoms with E-state index in [4.69, 9.17) is 16.6 Å². The predicted molar refractivity (Wildman–Crippen MR) is 58.6 cm³/mol. The second-order valence-electron chi connectivity index (χ2n) is 3.57. The van der Waals surface area contributed by atoms with Gasteiger partial charge < -0.3 is 26.8 Å².